The van der Waals surface area contributed by atoms with E-state index in [0.29, 0.717) is 18.2 Å². The SMILES string of the molecule is COC(=O)c1cncc(C(=O)N[C@@H]2C[C@H]3CO[C@@H](c4ccccc4)CN3C2)c1. The van der Waals surface area contributed by atoms with Gasteiger partial charge in [0, 0.05) is 37.6 Å². The monoisotopic (exact) mass is 381 g/mol. The van der Waals surface area contributed by atoms with Crippen molar-refractivity contribution < 1.29 is 19.1 Å². The summed E-state index contributed by atoms with van der Waals surface area (Å²) in [6.07, 6.45) is 3.75. The molecule has 1 amide bonds. The van der Waals surface area contributed by atoms with Gasteiger partial charge in [-0.15, -0.1) is 0 Å². The third-order valence-electron chi connectivity index (χ3n) is 5.35. The van der Waals surface area contributed by atoms with E-state index < -0.39 is 5.97 Å². The zero-order chi connectivity index (χ0) is 19.5. The molecule has 1 aromatic heterocycles. The van der Waals surface area contributed by atoms with Crippen molar-refractivity contribution in [3.8, 4) is 0 Å². The number of hydrogen-bond acceptors (Lipinski definition) is 6. The van der Waals surface area contributed by atoms with E-state index in [2.05, 4.69) is 32.1 Å². The minimum absolute atomic E-state index is 0.0393. The van der Waals surface area contributed by atoms with Crippen LogP contribution in [0.15, 0.2) is 48.8 Å². The number of fused-ring (bicyclic) bond motifs is 1. The van der Waals surface area contributed by atoms with E-state index in [9.17, 15) is 9.59 Å². The molecule has 0 bridgehead atoms. The number of nitrogens with one attached hydrogen (secondary N) is 1. The van der Waals surface area contributed by atoms with Gasteiger partial charge in [0.2, 0.25) is 0 Å². The van der Waals surface area contributed by atoms with Crippen LogP contribution in [0.4, 0.5) is 0 Å². The van der Waals surface area contributed by atoms with Crippen molar-refractivity contribution in [2.75, 3.05) is 26.8 Å². The maximum atomic E-state index is 12.6. The highest BCUT2D eigenvalue weighted by molar-refractivity contribution is 5.97. The summed E-state index contributed by atoms with van der Waals surface area (Å²) in [4.78, 5) is 30.6. The van der Waals surface area contributed by atoms with Gasteiger partial charge in [-0.3, -0.25) is 14.7 Å². The first-order valence-corrected chi connectivity index (χ1v) is 9.39. The highest BCUT2D eigenvalue weighted by Crippen LogP contribution is 2.30. The number of benzene rings is 1. The Balaban J connectivity index is 1.37. The molecule has 28 heavy (non-hydrogen) atoms. The van der Waals surface area contributed by atoms with Crippen LogP contribution in [0.3, 0.4) is 0 Å². The predicted molar refractivity (Wildman–Crippen MR) is 102 cm³/mol. The second kappa shape index (κ2) is 8.08. The molecule has 4 rings (SSSR count). The Hall–Kier alpha value is -2.77. The number of hydrogen-bond donors (Lipinski definition) is 1. The van der Waals surface area contributed by atoms with Gasteiger partial charge in [0.25, 0.3) is 5.91 Å². The topological polar surface area (TPSA) is 80.8 Å². The molecule has 0 saturated carbocycles. The summed E-state index contributed by atoms with van der Waals surface area (Å²) < 4.78 is 10.7. The maximum Gasteiger partial charge on any atom is 0.339 e. The van der Waals surface area contributed by atoms with Crippen molar-refractivity contribution >= 4 is 11.9 Å². The minimum atomic E-state index is -0.510. The van der Waals surface area contributed by atoms with Gasteiger partial charge in [0.1, 0.15) is 0 Å². The van der Waals surface area contributed by atoms with Gasteiger partial charge in [-0.05, 0) is 18.1 Å². The molecular weight excluding hydrogens is 358 g/mol. The van der Waals surface area contributed by atoms with Crippen LogP contribution in [0.25, 0.3) is 0 Å². The number of carbonyl (C=O) groups excluding carboxylic acids is 2. The van der Waals surface area contributed by atoms with E-state index in [1.165, 1.54) is 31.1 Å². The van der Waals surface area contributed by atoms with Gasteiger partial charge >= 0.3 is 5.97 Å². The molecule has 2 aromatic rings. The summed E-state index contributed by atoms with van der Waals surface area (Å²) in [5.74, 6) is -0.743. The molecule has 1 aromatic carbocycles. The molecule has 2 fully saturated rings. The number of amides is 1. The summed E-state index contributed by atoms with van der Waals surface area (Å²) in [5, 5.41) is 3.06. The van der Waals surface area contributed by atoms with Gasteiger partial charge < -0.3 is 14.8 Å². The van der Waals surface area contributed by atoms with Crippen LogP contribution in [0.1, 0.15) is 38.8 Å². The number of morpholine rings is 1. The minimum Gasteiger partial charge on any atom is -0.465 e. The van der Waals surface area contributed by atoms with Crippen LogP contribution in [0, 0.1) is 0 Å². The molecule has 0 unspecified atom stereocenters. The van der Waals surface area contributed by atoms with Crippen molar-refractivity contribution in [2.45, 2.75) is 24.6 Å². The Morgan fingerprint density at radius 3 is 2.75 bits per heavy atom. The smallest absolute Gasteiger partial charge is 0.339 e. The fraction of sp³-hybridized carbons (Fsp3) is 0.381. The lowest BCUT2D eigenvalue weighted by Gasteiger charge is -2.35. The van der Waals surface area contributed by atoms with E-state index in [0.717, 1.165) is 19.5 Å². The van der Waals surface area contributed by atoms with Crippen molar-refractivity contribution in [3.05, 3.63) is 65.5 Å². The van der Waals surface area contributed by atoms with Gasteiger partial charge in [0.15, 0.2) is 0 Å². The Bertz CT molecular complexity index is 858. The van der Waals surface area contributed by atoms with Crippen molar-refractivity contribution in [1.29, 1.82) is 0 Å². The maximum absolute atomic E-state index is 12.6. The second-order valence-electron chi connectivity index (χ2n) is 7.20. The van der Waals surface area contributed by atoms with E-state index >= 15 is 0 Å². The first kappa shape index (κ1) is 18.6. The summed E-state index contributed by atoms with van der Waals surface area (Å²) in [6, 6.07) is 12.1. The lowest BCUT2D eigenvalue weighted by atomic mass is 10.1. The number of ether oxygens (including phenoxy) is 2. The summed E-state index contributed by atoms with van der Waals surface area (Å²) >= 11 is 0. The number of carbonyl (C=O) groups is 2. The quantitative estimate of drug-likeness (QED) is 0.814. The lowest BCUT2D eigenvalue weighted by Crippen LogP contribution is -2.43. The fourth-order valence-corrected chi connectivity index (χ4v) is 3.91. The molecule has 2 saturated heterocycles. The number of nitrogens with zero attached hydrogens (tertiary/aromatic N) is 2. The van der Waals surface area contributed by atoms with Gasteiger partial charge in [-0.25, -0.2) is 4.79 Å². The Morgan fingerprint density at radius 1 is 1.18 bits per heavy atom. The molecular formula is C21H23N3O4. The number of esters is 1. The Labute approximate surface area is 163 Å². The van der Waals surface area contributed by atoms with Crippen LogP contribution < -0.4 is 5.32 Å². The third kappa shape index (κ3) is 3.90. The van der Waals surface area contributed by atoms with Crippen LogP contribution in [0.5, 0.6) is 0 Å². The predicted octanol–water partition coefficient (Wildman–Crippen LogP) is 1.81. The van der Waals surface area contributed by atoms with E-state index in [1.54, 1.807) is 0 Å². The third-order valence-corrected chi connectivity index (χ3v) is 5.35. The average molecular weight is 381 g/mol. The van der Waals surface area contributed by atoms with E-state index in [1.807, 2.05) is 18.2 Å². The number of rotatable bonds is 4. The summed E-state index contributed by atoms with van der Waals surface area (Å²) in [6.45, 7) is 2.26. The van der Waals surface area contributed by atoms with Crippen LogP contribution in [-0.2, 0) is 9.47 Å². The highest BCUT2D eigenvalue weighted by Gasteiger charge is 2.38. The van der Waals surface area contributed by atoms with E-state index in [-0.39, 0.29) is 23.6 Å². The lowest BCUT2D eigenvalue weighted by molar-refractivity contribution is -0.0502. The molecule has 3 atom stereocenters. The average Bonchev–Trinajstić information content (AvgIpc) is 3.15. The Morgan fingerprint density at radius 2 is 1.96 bits per heavy atom. The molecule has 1 N–H and O–H groups in total. The molecule has 0 spiro atoms. The van der Waals surface area contributed by atoms with Gasteiger partial charge in [0.05, 0.1) is 30.9 Å². The van der Waals surface area contributed by atoms with Gasteiger partial charge in [-0.2, -0.15) is 0 Å². The molecule has 7 heteroatoms. The molecule has 146 valence electrons. The highest BCUT2D eigenvalue weighted by atomic mass is 16.5. The van der Waals surface area contributed by atoms with Gasteiger partial charge in [-0.1, -0.05) is 30.3 Å². The molecule has 3 heterocycles. The zero-order valence-corrected chi connectivity index (χ0v) is 15.7. The number of aromatic nitrogens is 1. The normalized spacial score (nSPS) is 24.4. The Kier molecular flexibility index (Phi) is 5.36. The fourth-order valence-electron chi connectivity index (χ4n) is 3.91. The first-order chi connectivity index (χ1) is 13.6. The van der Waals surface area contributed by atoms with Crippen molar-refractivity contribution in [3.63, 3.8) is 0 Å². The standard InChI is InChI=1S/C21H23N3O4/c1-27-21(26)16-7-15(9-22-10-16)20(25)23-17-8-18-13-28-19(12-24(18)11-17)14-5-3-2-4-6-14/h2-7,9-10,17-19H,8,11-13H2,1H3,(H,23,25)/t17-,18+,19-/m1/s1. The second-order valence-corrected chi connectivity index (χ2v) is 7.20. The number of methoxy groups -OCH3 is 1. The molecule has 0 radical (unpaired) electrons. The van der Waals surface area contributed by atoms with Crippen LogP contribution in [0.2, 0.25) is 0 Å². The van der Waals surface area contributed by atoms with Crippen LogP contribution in [-0.4, -0.2) is 60.7 Å². The summed E-state index contributed by atoms with van der Waals surface area (Å²) in [5.41, 5.74) is 1.79. The van der Waals surface area contributed by atoms with Crippen molar-refractivity contribution in [1.82, 2.24) is 15.2 Å². The zero-order valence-electron chi connectivity index (χ0n) is 15.7. The molecule has 7 nitrogen and oxygen atoms in total. The molecule has 2 aliphatic rings. The van der Waals surface area contributed by atoms with E-state index in [4.69, 9.17) is 4.74 Å². The molecule has 2 aliphatic heterocycles. The molecule has 0 aliphatic carbocycles. The first-order valence-electron chi connectivity index (χ1n) is 9.39. The number of pyridine rings is 1. The largest absolute Gasteiger partial charge is 0.465 e. The van der Waals surface area contributed by atoms with Crippen molar-refractivity contribution in [2.24, 2.45) is 0 Å². The van der Waals surface area contributed by atoms with Crippen LogP contribution >= 0.6 is 0 Å². The summed E-state index contributed by atoms with van der Waals surface area (Å²) in [7, 11) is 1.30.